The monoisotopic (exact) mass is 243 g/mol. The maximum atomic E-state index is 9.37. The van der Waals surface area contributed by atoms with Gasteiger partial charge < -0.3 is 10.4 Å². The zero-order chi connectivity index (χ0) is 12.2. The molecule has 4 nitrogen and oxygen atoms in total. The molecule has 5 heteroatoms. The second-order valence-corrected chi connectivity index (χ2v) is 5.28. The molecule has 92 valence electrons. The molecule has 0 bridgehead atoms. The minimum atomic E-state index is -0.225. The quantitative estimate of drug-likeness (QED) is 0.737. The van der Waals surface area contributed by atoms with E-state index in [4.69, 9.17) is 0 Å². The lowest BCUT2D eigenvalue weighted by atomic mass is 10.1. The van der Waals surface area contributed by atoms with Crippen molar-refractivity contribution in [2.24, 2.45) is 7.05 Å². The highest BCUT2D eigenvalue weighted by molar-refractivity contribution is 7.99. The van der Waals surface area contributed by atoms with Crippen molar-refractivity contribution in [3.05, 3.63) is 11.8 Å². The highest BCUT2D eigenvalue weighted by Crippen LogP contribution is 2.22. The Hall–Kier alpha value is -0.520. The third-order valence-corrected chi connectivity index (χ3v) is 3.91. The third kappa shape index (κ3) is 3.50. The van der Waals surface area contributed by atoms with Gasteiger partial charge in [0.1, 0.15) is 0 Å². The van der Waals surface area contributed by atoms with Crippen LogP contribution in [-0.4, -0.2) is 39.3 Å². The molecule has 0 fully saturated rings. The predicted octanol–water partition coefficient (Wildman–Crippen LogP) is 1.18. The fourth-order valence-electron chi connectivity index (χ4n) is 1.53. The lowest BCUT2D eigenvalue weighted by Gasteiger charge is -2.27. The second-order valence-electron chi connectivity index (χ2n) is 4.29. The van der Waals surface area contributed by atoms with E-state index in [1.165, 1.54) is 0 Å². The van der Waals surface area contributed by atoms with E-state index in [9.17, 15) is 5.11 Å². The molecule has 0 aromatic carbocycles. The maximum absolute atomic E-state index is 9.37. The number of aliphatic hydroxyl groups excluding tert-OH is 1. The van der Waals surface area contributed by atoms with E-state index in [0.29, 0.717) is 0 Å². The van der Waals surface area contributed by atoms with Crippen LogP contribution in [0.1, 0.15) is 19.5 Å². The fourth-order valence-corrected chi connectivity index (χ4v) is 2.68. The molecule has 1 aromatic rings. The van der Waals surface area contributed by atoms with Gasteiger partial charge in [0.15, 0.2) is 0 Å². The number of aryl methyl sites for hydroxylation is 2. The molecule has 1 aromatic heterocycles. The number of aliphatic hydroxyl groups is 1. The average molecular weight is 243 g/mol. The molecule has 0 radical (unpaired) electrons. The Bertz CT molecular complexity index is 340. The van der Waals surface area contributed by atoms with Gasteiger partial charge in [0.25, 0.3) is 0 Å². The molecule has 0 saturated heterocycles. The van der Waals surface area contributed by atoms with Gasteiger partial charge >= 0.3 is 0 Å². The van der Waals surface area contributed by atoms with E-state index < -0.39 is 0 Å². The molecule has 0 spiro atoms. The van der Waals surface area contributed by atoms with E-state index >= 15 is 0 Å². The Morgan fingerprint density at radius 3 is 2.75 bits per heavy atom. The van der Waals surface area contributed by atoms with Crippen LogP contribution < -0.4 is 5.32 Å². The van der Waals surface area contributed by atoms with Gasteiger partial charge in [0.05, 0.1) is 17.3 Å². The standard InChI is InChI=1S/C11H21N3OS/c1-5-12-11(3,7-15)8-16-10-6-9(2)13-14(10)4/h6,12,15H,5,7-8H2,1-4H3. The molecule has 1 unspecified atom stereocenters. The van der Waals surface area contributed by atoms with E-state index in [-0.39, 0.29) is 12.1 Å². The smallest absolute Gasteiger partial charge is 0.0939 e. The number of likely N-dealkylation sites (N-methyl/N-ethyl adjacent to an activating group) is 1. The van der Waals surface area contributed by atoms with Crippen LogP contribution in [0.5, 0.6) is 0 Å². The lowest BCUT2D eigenvalue weighted by molar-refractivity contribution is 0.194. The number of rotatable bonds is 6. The van der Waals surface area contributed by atoms with Gasteiger partial charge in [-0.05, 0) is 26.5 Å². The van der Waals surface area contributed by atoms with Gasteiger partial charge in [-0.15, -0.1) is 11.8 Å². The molecule has 0 aliphatic heterocycles. The summed E-state index contributed by atoms with van der Waals surface area (Å²) in [6.45, 7) is 7.08. The summed E-state index contributed by atoms with van der Waals surface area (Å²) >= 11 is 1.72. The number of nitrogens with one attached hydrogen (secondary N) is 1. The number of nitrogens with zero attached hydrogens (tertiary/aromatic N) is 2. The molecule has 2 N–H and O–H groups in total. The van der Waals surface area contributed by atoms with Crippen molar-refractivity contribution in [3.63, 3.8) is 0 Å². The summed E-state index contributed by atoms with van der Waals surface area (Å²) in [5, 5.41) is 18.1. The summed E-state index contributed by atoms with van der Waals surface area (Å²) in [6, 6.07) is 2.06. The summed E-state index contributed by atoms with van der Waals surface area (Å²) in [5.74, 6) is 0.830. The summed E-state index contributed by atoms with van der Waals surface area (Å²) in [4.78, 5) is 0. The van der Waals surface area contributed by atoms with Crippen molar-refractivity contribution in [2.75, 3.05) is 18.9 Å². The molecule has 0 amide bonds. The van der Waals surface area contributed by atoms with Gasteiger partial charge in [-0.2, -0.15) is 5.10 Å². The minimum absolute atomic E-state index is 0.144. The van der Waals surface area contributed by atoms with Gasteiger partial charge in [0.2, 0.25) is 0 Å². The molecular formula is C11H21N3OS. The molecule has 1 heterocycles. The van der Waals surface area contributed by atoms with Crippen LogP contribution in [-0.2, 0) is 7.05 Å². The molecule has 1 rings (SSSR count). The first-order valence-corrected chi connectivity index (χ1v) is 6.48. The number of hydrogen-bond donors (Lipinski definition) is 2. The van der Waals surface area contributed by atoms with Gasteiger partial charge in [-0.25, -0.2) is 0 Å². The Morgan fingerprint density at radius 1 is 1.62 bits per heavy atom. The molecule has 1 atom stereocenters. The number of aromatic nitrogens is 2. The van der Waals surface area contributed by atoms with Gasteiger partial charge in [-0.1, -0.05) is 6.92 Å². The van der Waals surface area contributed by atoms with Crippen LogP contribution in [0, 0.1) is 6.92 Å². The first-order chi connectivity index (χ1) is 7.50. The minimum Gasteiger partial charge on any atom is -0.394 e. The number of hydrogen-bond acceptors (Lipinski definition) is 4. The van der Waals surface area contributed by atoms with Crippen molar-refractivity contribution in [2.45, 2.75) is 31.3 Å². The molecule has 0 aliphatic carbocycles. The van der Waals surface area contributed by atoms with Crippen molar-refractivity contribution >= 4 is 11.8 Å². The number of thioether (sulfide) groups is 1. The second kappa shape index (κ2) is 5.70. The molecule has 16 heavy (non-hydrogen) atoms. The van der Waals surface area contributed by atoms with Crippen LogP contribution >= 0.6 is 11.8 Å². The van der Waals surface area contributed by atoms with E-state index in [1.807, 2.05) is 32.5 Å². The zero-order valence-electron chi connectivity index (χ0n) is 10.4. The first-order valence-electron chi connectivity index (χ1n) is 5.50. The lowest BCUT2D eigenvalue weighted by Crippen LogP contribution is -2.47. The van der Waals surface area contributed by atoms with Crippen molar-refractivity contribution in [3.8, 4) is 0 Å². The van der Waals surface area contributed by atoms with Gasteiger partial charge in [0, 0.05) is 18.3 Å². The summed E-state index contributed by atoms with van der Waals surface area (Å²) in [5.41, 5.74) is 0.802. The van der Waals surface area contributed by atoms with E-state index in [0.717, 1.165) is 23.0 Å². The summed E-state index contributed by atoms with van der Waals surface area (Å²) in [6.07, 6.45) is 0. The largest absolute Gasteiger partial charge is 0.394 e. The van der Waals surface area contributed by atoms with Crippen molar-refractivity contribution in [1.29, 1.82) is 0 Å². The Morgan fingerprint density at radius 2 is 2.31 bits per heavy atom. The van der Waals surface area contributed by atoms with Crippen LogP contribution in [0.15, 0.2) is 11.1 Å². The van der Waals surface area contributed by atoms with Crippen molar-refractivity contribution in [1.82, 2.24) is 15.1 Å². The predicted molar refractivity (Wildman–Crippen MR) is 67.8 cm³/mol. The molecule has 0 saturated carbocycles. The van der Waals surface area contributed by atoms with Crippen LogP contribution in [0.25, 0.3) is 0 Å². The normalized spacial score (nSPS) is 15.1. The summed E-state index contributed by atoms with van der Waals surface area (Å²) in [7, 11) is 1.94. The van der Waals surface area contributed by atoms with Crippen LogP contribution in [0.2, 0.25) is 0 Å². The topological polar surface area (TPSA) is 50.1 Å². The molecular weight excluding hydrogens is 222 g/mol. The zero-order valence-corrected chi connectivity index (χ0v) is 11.3. The molecule has 0 aliphatic rings. The maximum Gasteiger partial charge on any atom is 0.0939 e. The first kappa shape index (κ1) is 13.5. The Labute approximate surface area is 101 Å². The van der Waals surface area contributed by atoms with Crippen molar-refractivity contribution < 1.29 is 5.11 Å². The van der Waals surface area contributed by atoms with Crippen LogP contribution in [0.4, 0.5) is 0 Å². The highest BCUT2D eigenvalue weighted by atomic mass is 32.2. The van der Waals surface area contributed by atoms with Crippen LogP contribution in [0.3, 0.4) is 0 Å². The fraction of sp³-hybridized carbons (Fsp3) is 0.727. The van der Waals surface area contributed by atoms with Gasteiger partial charge in [-0.3, -0.25) is 4.68 Å². The summed E-state index contributed by atoms with van der Waals surface area (Å²) < 4.78 is 1.88. The van der Waals surface area contributed by atoms with E-state index in [2.05, 4.69) is 16.5 Å². The highest BCUT2D eigenvalue weighted by Gasteiger charge is 2.22. The third-order valence-electron chi connectivity index (χ3n) is 2.45. The SMILES string of the molecule is CCNC(C)(CO)CSc1cc(C)nn1C. The van der Waals surface area contributed by atoms with E-state index in [1.54, 1.807) is 11.8 Å². The Kier molecular flexibility index (Phi) is 4.83. The average Bonchev–Trinajstić information content (AvgIpc) is 2.55. The Balaban J connectivity index is 2.59.